The van der Waals surface area contributed by atoms with Crippen molar-refractivity contribution >= 4 is 41.1 Å². The molecule has 0 aliphatic carbocycles. The highest BCUT2D eigenvalue weighted by Crippen LogP contribution is 2.36. The lowest BCUT2D eigenvalue weighted by atomic mass is 10.0. The van der Waals surface area contributed by atoms with E-state index in [9.17, 15) is 19.2 Å². The number of benzene rings is 1. The summed E-state index contributed by atoms with van der Waals surface area (Å²) in [5.41, 5.74) is 6.06. The lowest BCUT2D eigenvalue weighted by Crippen LogP contribution is -2.51. The van der Waals surface area contributed by atoms with Gasteiger partial charge in [0.05, 0.1) is 17.4 Å². The maximum Gasteiger partial charge on any atom is 0.307 e. The Bertz CT molecular complexity index is 769. The van der Waals surface area contributed by atoms with E-state index in [0.717, 1.165) is 23.4 Å². The maximum absolute atomic E-state index is 12.3. The standard InChI is InChI=1S/C18H21N3O5S/c19-17(24)12-6-3-4-8-21(12)15(22)10-26-16(23)9-14-18(25)20-11-5-1-2-7-13(11)27-14/h1-2,5,7,12,14H,3-4,6,8-10H2,(H2,19,24)(H,20,25)/t12-,14-/m1/s1. The fourth-order valence-electron chi connectivity index (χ4n) is 3.19. The molecule has 1 saturated heterocycles. The number of nitrogens with two attached hydrogens (primary N) is 1. The monoisotopic (exact) mass is 391 g/mol. The number of nitrogens with one attached hydrogen (secondary N) is 1. The third-order valence-corrected chi connectivity index (χ3v) is 5.84. The zero-order chi connectivity index (χ0) is 19.4. The minimum absolute atomic E-state index is 0.142. The summed E-state index contributed by atoms with van der Waals surface area (Å²) in [6.45, 7) is -0.0418. The summed E-state index contributed by atoms with van der Waals surface area (Å²) in [5.74, 6) is -1.91. The van der Waals surface area contributed by atoms with Gasteiger partial charge in [-0.05, 0) is 31.4 Å². The zero-order valence-electron chi connectivity index (χ0n) is 14.7. The second-order valence-electron chi connectivity index (χ2n) is 6.46. The van der Waals surface area contributed by atoms with E-state index in [0.29, 0.717) is 13.0 Å². The molecule has 27 heavy (non-hydrogen) atoms. The van der Waals surface area contributed by atoms with Gasteiger partial charge in [-0.15, -0.1) is 11.8 Å². The van der Waals surface area contributed by atoms with E-state index >= 15 is 0 Å². The van der Waals surface area contributed by atoms with E-state index < -0.39 is 35.7 Å². The van der Waals surface area contributed by atoms with Crippen LogP contribution in [0.2, 0.25) is 0 Å². The molecule has 1 aromatic carbocycles. The number of fused-ring (bicyclic) bond motifs is 1. The summed E-state index contributed by atoms with van der Waals surface area (Å²) in [6.07, 6.45) is 1.99. The van der Waals surface area contributed by atoms with Gasteiger partial charge in [-0.2, -0.15) is 0 Å². The van der Waals surface area contributed by atoms with Crippen molar-refractivity contribution in [3.8, 4) is 0 Å². The van der Waals surface area contributed by atoms with Crippen LogP contribution in [0.4, 0.5) is 5.69 Å². The van der Waals surface area contributed by atoms with Gasteiger partial charge >= 0.3 is 5.97 Å². The van der Waals surface area contributed by atoms with Crippen LogP contribution in [0.25, 0.3) is 0 Å². The Morgan fingerprint density at radius 2 is 2.04 bits per heavy atom. The molecule has 2 aliphatic heterocycles. The van der Waals surface area contributed by atoms with E-state index in [2.05, 4.69) is 5.32 Å². The van der Waals surface area contributed by atoms with Crippen LogP contribution in [-0.4, -0.2) is 53.0 Å². The number of para-hydroxylation sites is 1. The summed E-state index contributed by atoms with van der Waals surface area (Å²) < 4.78 is 5.05. The number of piperidine rings is 1. The Kier molecular flexibility index (Phi) is 6.00. The molecule has 3 amide bonds. The molecule has 3 rings (SSSR count). The van der Waals surface area contributed by atoms with Crippen LogP contribution in [0.15, 0.2) is 29.2 Å². The van der Waals surface area contributed by atoms with Crippen LogP contribution >= 0.6 is 11.8 Å². The summed E-state index contributed by atoms with van der Waals surface area (Å²) >= 11 is 1.29. The molecule has 0 spiro atoms. The van der Waals surface area contributed by atoms with Gasteiger partial charge < -0.3 is 20.7 Å². The molecule has 3 N–H and O–H groups in total. The molecule has 2 aliphatic rings. The predicted octanol–water partition coefficient (Wildman–Crippen LogP) is 0.899. The quantitative estimate of drug-likeness (QED) is 0.720. The number of thioether (sulfide) groups is 1. The number of amides is 3. The molecule has 144 valence electrons. The highest BCUT2D eigenvalue weighted by atomic mass is 32.2. The van der Waals surface area contributed by atoms with Gasteiger partial charge in [0.1, 0.15) is 6.04 Å². The van der Waals surface area contributed by atoms with Gasteiger partial charge in [-0.25, -0.2) is 0 Å². The molecule has 0 saturated carbocycles. The largest absolute Gasteiger partial charge is 0.456 e. The van der Waals surface area contributed by atoms with E-state index in [1.165, 1.54) is 16.7 Å². The molecule has 1 fully saturated rings. The highest BCUT2D eigenvalue weighted by Gasteiger charge is 2.32. The number of ether oxygens (including phenoxy) is 1. The summed E-state index contributed by atoms with van der Waals surface area (Å²) in [6, 6.07) is 6.68. The van der Waals surface area contributed by atoms with E-state index in [4.69, 9.17) is 10.5 Å². The lowest BCUT2D eigenvalue weighted by Gasteiger charge is -2.33. The number of hydrogen-bond donors (Lipinski definition) is 2. The molecule has 8 nitrogen and oxygen atoms in total. The van der Waals surface area contributed by atoms with Crippen molar-refractivity contribution in [2.75, 3.05) is 18.5 Å². The fraction of sp³-hybridized carbons (Fsp3) is 0.444. The number of likely N-dealkylation sites (tertiary alicyclic amines) is 1. The molecule has 0 unspecified atom stereocenters. The van der Waals surface area contributed by atoms with Crippen LogP contribution in [0, 0.1) is 0 Å². The van der Waals surface area contributed by atoms with Gasteiger partial charge in [0.25, 0.3) is 5.91 Å². The molecule has 0 bridgehead atoms. The summed E-state index contributed by atoms with van der Waals surface area (Å²) in [4.78, 5) is 50.2. The van der Waals surface area contributed by atoms with Crippen LogP contribution in [0.1, 0.15) is 25.7 Å². The molecule has 0 radical (unpaired) electrons. The predicted molar refractivity (Wildman–Crippen MR) is 98.8 cm³/mol. The van der Waals surface area contributed by atoms with Gasteiger partial charge in [-0.1, -0.05) is 12.1 Å². The Hall–Kier alpha value is -2.55. The van der Waals surface area contributed by atoms with Crippen molar-refractivity contribution < 1.29 is 23.9 Å². The molecule has 0 aromatic heterocycles. The Morgan fingerprint density at radius 3 is 2.81 bits per heavy atom. The molecular weight excluding hydrogens is 370 g/mol. The van der Waals surface area contributed by atoms with Gasteiger partial charge in [-0.3, -0.25) is 19.2 Å². The van der Waals surface area contributed by atoms with E-state index in [1.807, 2.05) is 18.2 Å². The number of nitrogens with zero attached hydrogens (tertiary/aromatic N) is 1. The van der Waals surface area contributed by atoms with Gasteiger partial charge in [0.15, 0.2) is 6.61 Å². The molecule has 2 atom stereocenters. The van der Waals surface area contributed by atoms with Crippen molar-refractivity contribution in [1.29, 1.82) is 0 Å². The first-order valence-corrected chi connectivity index (χ1v) is 9.64. The molecule has 1 aromatic rings. The van der Waals surface area contributed by atoms with E-state index in [1.54, 1.807) is 6.07 Å². The van der Waals surface area contributed by atoms with Crippen molar-refractivity contribution in [3.63, 3.8) is 0 Å². The number of carbonyl (C=O) groups is 4. The average molecular weight is 391 g/mol. The number of rotatable bonds is 5. The number of esters is 1. The minimum atomic E-state index is -0.652. The fourth-order valence-corrected chi connectivity index (χ4v) is 4.28. The number of hydrogen-bond acceptors (Lipinski definition) is 6. The topological polar surface area (TPSA) is 119 Å². The lowest BCUT2D eigenvalue weighted by molar-refractivity contribution is -0.155. The number of carbonyl (C=O) groups excluding carboxylic acids is 4. The minimum Gasteiger partial charge on any atom is -0.456 e. The van der Waals surface area contributed by atoms with E-state index in [-0.39, 0.29) is 12.3 Å². The first-order chi connectivity index (χ1) is 13.0. The highest BCUT2D eigenvalue weighted by molar-refractivity contribution is 8.01. The van der Waals surface area contributed by atoms with Crippen LogP contribution < -0.4 is 11.1 Å². The molecular formula is C18H21N3O5S. The van der Waals surface area contributed by atoms with Crippen LogP contribution in [0.5, 0.6) is 0 Å². The average Bonchev–Trinajstić information content (AvgIpc) is 2.66. The van der Waals surface area contributed by atoms with Crippen LogP contribution in [0.3, 0.4) is 0 Å². The molecule has 2 heterocycles. The van der Waals surface area contributed by atoms with Crippen molar-refractivity contribution in [2.45, 2.75) is 41.9 Å². The zero-order valence-corrected chi connectivity index (χ0v) is 15.5. The van der Waals surface area contributed by atoms with Crippen molar-refractivity contribution in [2.24, 2.45) is 5.73 Å². The Balaban J connectivity index is 1.51. The Morgan fingerprint density at radius 1 is 1.26 bits per heavy atom. The van der Waals surface area contributed by atoms with Crippen molar-refractivity contribution in [1.82, 2.24) is 4.90 Å². The van der Waals surface area contributed by atoms with Gasteiger partial charge in [0.2, 0.25) is 11.8 Å². The normalized spacial score (nSPS) is 21.8. The maximum atomic E-state index is 12.3. The first kappa shape index (κ1) is 19.2. The Labute approximate surface area is 160 Å². The van der Waals surface area contributed by atoms with Crippen molar-refractivity contribution in [3.05, 3.63) is 24.3 Å². The smallest absolute Gasteiger partial charge is 0.307 e. The summed E-state index contributed by atoms with van der Waals surface area (Å²) in [5, 5.41) is 2.14. The first-order valence-electron chi connectivity index (χ1n) is 8.76. The number of anilines is 1. The third kappa shape index (κ3) is 4.60. The second kappa shape index (κ2) is 8.43. The SMILES string of the molecule is NC(=O)[C@H]1CCCCN1C(=O)COC(=O)C[C@H]1Sc2ccccc2NC1=O. The van der Waals surface area contributed by atoms with Gasteiger partial charge in [0, 0.05) is 11.4 Å². The number of primary amides is 1. The van der Waals surface area contributed by atoms with Crippen LogP contribution in [-0.2, 0) is 23.9 Å². The third-order valence-electron chi connectivity index (χ3n) is 4.57. The molecule has 9 heteroatoms. The summed E-state index contributed by atoms with van der Waals surface area (Å²) in [7, 11) is 0. The second-order valence-corrected chi connectivity index (χ2v) is 7.70.